The molecule has 2 aliphatic heterocycles. The van der Waals surface area contributed by atoms with Gasteiger partial charge in [0.1, 0.15) is 5.82 Å². The van der Waals surface area contributed by atoms with Crippen LogP contribution in [0.15, 0.2) is 42.5 Å². The number of rotatable bonds is 6. The molecule has 186 valence electrons. The number of fused-ring (bicyclic) bond motifs is 1. The number of hydrogen-bond acceptors (Lipinski definition) is 6. The standard InChI is InChI=1S/C26H31FN4O4/c27-19-5-4-6-20(15-19)28-24(32)17-30-11-13-31(14-12-30)18-25(33)29-21-7-8-22-23(16-21)35-26(34-22)9-2-1-3-10-26/h4-8,15-16H,1-3,9-14,17-18H2,(H,28,32)(H,29,33). The second-order valence-electron chi connectivity index (χ2n) is 9.50. The van der Waals surface area contributed by atoms with Crippen molar-refractivity contribution in [3.8, 4) is 11.5 Å². The van der Waals surface area contributed by atoms with E-state index >= 15 is 0 Å². The lowest BCUT2D eigenvalue weighted by molar-refractivity contribution is -0.120. The van der Waals surface area contributed by atoms with Crippen LogP contribution in [0.4, 0.5) is 15.8 Å². The lowest BCUT2D eigenvalue weighted by Crippen LogP contribution is -2.50. The normalized spacial score (nSPS) is 19.5. The fourth-order valence-corrected chi connectivity index (χ4v) is 4.95. The number of carbonyl (C=O) groups excluding carboxylic acids is 2. The molecule has 35 heavy (non-hydrogen) atoms. The van der Waals surface area contributed by atoms with Crippen LogP contribution >= 0.6 is 0 Å². The Morgan fingerprint density at radius 1 is 0.800 bits per heavy atom. The predicted molar refractivity (Wildman–Crippen MR) is 130 cm³/mol. The van der Waals surface area contributed by atoms with Gasteiger partial charge in [0.25, 0.3) is 5.79 Å². The van der Waals surface area contributed by atoms with E-state index in [0.717, 1.165) is 31.4 Å². The van der Waals surface area contributed by atoms with Gasteiger partial charge in [0.15, 0.2) is 11.5 Å². The van der Waals surface area contributed by atoms with Crippen LogP contribution in [0.2, 0.25) is 0 Å². The van der Waals surface area contributed by atoms with Crippen molar-refractivity contribution in [1.29, 1.82) is 0 Å². The average Bonchev–Trinajstić information content (AvgIpc) is 3.17. The molecule has 2 N–H and O–H groups in total. The van der Waals surface area contributed by atoms with Gasteiger partial charge >= 0.3 is 0 Å². The summed E-state index contributed by atoms with van der Waals surface area (Å²) in [6.07, 6.45) is 5.19. The molecule has 9 heteroatoms. The Morgan fingerprint density at radius 3 is 2.03 bits per heavy atom. The van der Waals surface area contributed by atoms with Crippen LogP contribution in [-0.2, 0) is 9.59 Å². The highest BCUT2D eigenvalue weighted by Gasteiger charge is 2.42. The third-order valence-corrected chi connectivity index (χ3v) is 6.74. The maximum absolute atomic E-state index is 13.3. The van der Waals surface area contributed by atoms with E-state index in [4.69, 9.17) is 9.47 Å². The van der Waals surface area contributed by atoms with E-state index in [1.165, 1.54) is 18.6 Å². The van der Waals surface area contributed by atoms with Crippen LogP contribution < -0.4 is 20.1 Å². The number of anilines is 2. The highest BCUT2D eigenvalue weighted by molar-refractivity contribution is 5.93. The summed E-state index contributed by atoms with van der Waals surface area (Å²) in [5.74, 6) is 0.242. The molecule has 0 bridgehead atoms. The fourth-order valence-electron chi connectivity index (χ4n) is 4.95. The molecule has 0 atom stereocenters. The third-order valence-electron chi connectivity index (χ3n) is 6.74. The minimum absolute atomic E-state index is 0.0893. The summed E-state index contributed by atoms with van der Waals surface area (Å²) in [5, 5.41) is 5.68. The molecule has 2 aromatic rings. The Kier molecular flexibility index (Phi) is 6.88. The zero-order valence-corrected chi connectivity index (χ0v) is 19.7. The Labute approximate surface area is 204 Å². The molecule has 3 aliphatic rings. The van der Waals surface area contributed by atoms with Crippen LogP contribution in [0.25, 0.3) is 0 Å². The number of benzene rings is 2. The van der Waals surface area contributed by atoms with Crippen molar-refractivity contribution in [1.82, 2.24) is 9.80 Å². The molecule has 1 spiro atoms. The minimum atomic E-state index is -0.531. The number of nitrogens with one attached hydrogen (secondary N) is 2. The molecule has 1 saturated carbocycles. The highest BCUT2D eigenvalue weighted by atomic mass is 19.1. The Morgan fingerprint density at radius 2 is 1.40 bits per heavy atom. The van der Waals surface area contributed by atoms with Gasteiger partial charge in [-0.2, -0.15) is 0 Å². The van der Waals surface area contributed by atoms with Gasteiger partial charge in [0.2, 0.25) is 11.8 Å². The Hall–Kier alpha value is -3.17. The number of halogens is 1. The molecule has 2 fully saturated rings. The zero-order chi connectivity index (χ0) is 24.3. The van der Waals surface area contributed by atoms with Crippen molar-refractivity contribution in [2.24, 2.45) is 0 Å². The lowest BCUT2D eigenvalue weighted by atomic mass is 9.94. The molecule has 0 aromatic heterocycles. The maximum Gasteiger partial charge on any atom is 0.251 e. The summed E-state index contributed by atoms with van der Waals surface area (Å²) in [4.78, 5) is 29.0. The first-order valence-electron chi connectivity index (χ1n) is 12.3. The largest absolute Gasteiger partial charge is 0.448 e. The van der Waals surface area contributed by atoms with E-state index < -0.39 is 5.79 Å². The first-order valence-corrected chi connectivity index (χ1v) is 12.3. The number of carbonyl (C=O) groups is 2. The van der Waals surface area contributed by atoms with Crippen molar-refractivity contribution in [3.63, 3.8) is 0 Å². The molecule has 0 radical (unpaired) electrons. The van der Waals surface area contributed by atoms with Crippen LogP contribution in [0, 0.1) is 5.82 Å². The molecule has 5 rings (SSSR count). The van der Waals surface area contributed by atoms with E-state index in [1.807, 2.05) is 23.1 Å². The van der Waals surface area contributed by atoms with E-state index in [0.29, 0.717) is 43.3 Å². The second-order valence-corrected chi connectivity index (χ2v) is 9.50. The van der Waals surface area contributed by atoms with Crippen LogP contribution in [0.5, 0.6) is 11.5 Å². The highest BCUT2D eigenvalue weighted by Crippen LogP contribution is 2.46. The van der Waals surface area contributed by atoms with Gasteiger partial charge in [-0.05, 0) is 43.2 Å². The van der Waals surface area contributed by atoms with Crippen molar-refractivity contribution < 1.29 is 23.5 Å². The second kappa shape index (κ2) is 10.2. The summed E-state index contributed by atoms with van der Waals surface area (Å²) < 4.78 is 25.5. The van der Waals surface area contributed by atoms with E-state index in [2.05, 4.69) is 15.5 Å². The number of hydrogen-bond donors (Lipinski definition) is 2. The van der Waals surface area contributed by atoms with Crippen LogP contribution in [-0.4, -0.2) is 66.7 Å². The molecule has 2 heterocycles. The van der Waals surface area contributed by atoms with Crippen LogP contribution in [0.1, 0.15) is 32.1 Å². The molecular weight excluding hydrogens is 451 g/mol. The minimum Gasteiger partial charge on any atom is -0.448 e. The predicted octanol–water partition coefficient (Wildman–Crippen LogP) is 3.45. The summed E-state index contributed by atoms with van der Waals surface area (Å²) >= 11 is 0. The zero-order valence-electron chi connectivity index (χ0n) is 19.7. The first-order chi connectivity index (χ1) is 17.0. The molecular formula is C26H31FN4O4. The molecule has 0 unspecified atom stereocenters. The first kappa shape index (κ1) is 23.6. The number of nitrogens with zero attached hydrogens (tertiary/aromatic N) is 2. The lowest BCUT2D eigenvalue weighted by Gasteiger charge is -2.33. The van der Waals surface area contributed by atoms with Gasteiger partial charge in [0.05, 0.1) is 13.1 Å². The Balaban J connectivity index is 1.05. The summed E-state index contributed by atoms with van der Waals surface area (Å²) in [6.45, 7) is 3.23. The van der Waals surface area contributed by atoms with Crippen molar-refractivity contribution in [2.75, 3.05) is 49.9 Å². The van der Waals surface area contributed by atoms with Gasteiger partial charge < -0.3 is 20.1 Å². The van der Waals surface area contributed by atoms with Crippen LogP contribution in [0.3, 0.4) is 0 Å². The summed E-state index contributed by atoms with van der Waals surface area (Å²) in [5.41, 5.74) is 1.14. The topological polar surface area (TPSA) is 83.1 Å². The van der Waals surface area contributed by atoms with Gasteiger partial charge in [-0.3, -0.25) is 19.4 Å². The number of ether oxygens (including phenoxy) is 2. The third kappa shape index (κ3) is 5.91. The molecule has 1 aliphatic carbocycles. The van der Waals surface area contributed by atoms with Gasteiger partial charge in [-0.1, -0.05) is 12.5 Å². The van der Waals surface area contributed by atoms with E-state index in [9.17, 15) is 14.0 Å². The van der Waals surface area contributed by atoms with Gasteiger partial charge in [0, 0.05) is 56.5 Å². The Bertz CT molecular complexity index is 1080. The van der Waals surface area contributed by atoms with Gasteiger partial charge in [-0.15, -0.1) is 0 Å². The summed E-state index contributed by atoms with van der Waals surface area (Å²) in [7, 11) is 0. The average molecular weight is 483 g/mol. The van der Waals surface area contributed by atoms with Gasteiger partial charge in [-0.25, -0.2) is 4.39 Å². The molecule has 8 nitrogen and oxygen atoms in total. The van der Waals surface area contributed by atoms with E-state index in [1.54, 1.807) is 12.1 Å². The quantitative estimate of drug-likeness (QED) is 0.656. The van der Waals surface area contributed by atoms with Crippen molar-refractivity contribution in [2.45, 2.75) is 37.9 Å². The monoisotopic (exact) mass is 482 g/mol. The van der Waals surface area contributed by atoms with Crippen molar-refractivity contribution >= 4 is 23.2 Å². The molecule has 1 saturated heterocycles. The maximum atomic E-state index is 13.3. The molecule has 2 amide bonds. The smallest absolute Gasteiger partial charge is 0.251 e. The number of amides is 2. The summed E-state index contributed by atoms with van der Waals surface area (Å²) in [6, 6.07) is 11.4. The SMILES string of the molecule is O=C(CN1CCN(CC(=O)Nc2ccc3c(c2)OC2(CCCCC2)O3)CC1)Nc1cccc(F)c1. The molecule has 2 aromatic carbocycles. The van der Waals surface area contributed by atoms with E-state index in [-0.39, 0.29) is 30.7 Å². The fraction of sp³-hybridized carbons (Fsp3) is 0.462. The number of piperazine rings is 1. The van der Waals surface area contributed by atoms with Crippen molar-refractivity contribution in [3.05, 3.63) is 48.3 Å².